The summed E-state index contributed by atoms with van der Waals surface area (Å²) in [6, 6.07) is 0. The van der Waals surface area contributed by atoms with Gasteiger partial charge in [0.15, 0.2) is 0 Å². The lowest BCUT2D eigenvalue weighted by molar-refractivity contribution is -0.0444. The Morgan fingerprint density at radius 3 is 2.26 bits per heavy atom. The highest BCUT2D eigenvalue weighted by molar-refractivity contribution is 7.87. The number of halogens is 1. The molecule has 6 nitrogen and oxygen atoms in total. The first-order chi connectivity index (χ1) is 8.31. The number of nitrogens with one attached hydrogen (secondary N) is 1. The number of morpholine rings is 1. The summed E-state index contributed by atoms with van der Waals surface area (Å²) in [5, 5.41) is 0. The molecule has 8 heteroatoms. The predicted molar refractivity (Wildman–Crippen MR) is 76.5 cm³/mol. The molecule has 2 unspecified atom stereocenters. The molecule has 1 heterocycles. The third kappa shape index (κ3) is 4.27. The Balaban J connectivity index is 0.00000180. The first kappa shape index (κ1) is 17.1. The smallest absolute Gasteiger partial charge is 0.279 e. The summed E-state index contributed by atoms with van der Waals surface area (Å²) in [6.07, 6.45) is 2.74. The van der Waals surface area contributed by atoms with E-state index in [1.807, 2.05) is 13.8 Å². The average molecular weight is 314 g/mol. The van der Waals surface area contributed by atoms with Crippen LogP contribution < -0.4 is 10.5 Å². The number of nitrogens with zero attached hydrogens (tertiary/aromatic N) is 1. The van der Waals surface area contributed by atoms with E-state index >= 15 is 0 Å². The van der Waals surface area contributed by atoms with Gasteiger partial charge in [-0.25, -0.2) is 4.72 Å². The Morgan fingerprint density at radius 2 is 1.84 bits per heavy atom. The van der Waals surface area contributed by atoms with Crippen LogP contribution in [0.2, 0.25) is 0 Å². The lowest BCUT2D eigenvalue weighted by Crippen LogP contribution is -2.58. The molecule has 0 radical (unpaired) electrons. The van der Waals surface area contributed by atoms with Gasteiger partial charge >= 0.3 is 0 Å². The molecule has 0 spiro atoms. The molecule has 19 heavy (non-hydrogen) atoms. The molecule has 2 fully saturated rings. The van der Waals surface area contributed by atoms with Crippen molar-refractivity contribution in [1.29, 1.82) is 0 Å². The molecule has 3 N–H and O–H groups in total. The maximum absolute atomic E-state index is 12.2. The van der Waals surface area contributed by atoms with Crippen LogP contribution in [0.25, 0.3) is 0 Å². The van der Waals surface area contributed by atoms with Crippen molar-refractivity contribution in [3.05, 3.63) is 0 Å². The van der Waals surface area contributed by atoms with Gasteiger partial charge in [0.2, 0.25) is 0 Å². The van der Waals surface area contributed by atoms with Gasteiger partial charge in [-0.15, -0.1) is 12.4 Å². The van der Waals surface area contributed by atoms with Gasteiger partial charge in [-0.05, 0) is 33.1 Å². The Hall–Kier alpha value is 0.0800. The second-order valence-electron chi connectivity index (χ2n) is 5.62. The van der Waals surface area contributed by atoms with Crippen molar-refractivity contribution in [3.63, 3.8) is 0 Å². The van der Waals surface area contributed by atoms with E-state index in [0.29, 0.717) is 19.6 Å². The molecule has 1 saturated carbocycles. The van der Waals surface area contributed by atoms with E-state index in [1.165, 1.54) is 4.31 Å². The lowest BCUT2D eigenvalue weighted by atomic mass is 9.78. The van der Waals surface area contributed by atoms with Crippen molar-refractivity contribution < 1.29 is 13.2 Å². The average Bonchev–Trinajstić information content (AvgIpc) is 2.22. The van der Waals surface area contributed by atoms with Gasteiger partial charge < -0.3 is 10.5 Å². The second kappa shape index (κ2) is 6.24. The maximum Gasteiger partial charge on any atom is 0.279 e. The molecule has 2 atom stereocenters. The van der Waals surface area contributed by atoms with Gasteiger partial charge in [0.1, 0.15) is 0 Å². The fourth-order valence-electron chi connectivity index (χ4n) is 2.46. The number of rotatable bonds is 4. The predicted octanol–water partition coefficient (Wildman–Crippen LogP) is 0.233. The SMILES string of the molecule is CC1CN(S(=O)(=O)NCC2(N)CCC2)CC(C)O1.Cl. The van der Waals surface area contributed by atoms with E-state index < -0.39 is 10.2 Å². The molecular weight excluding hydrogens is 290 g/mol. The van der Waals surface area contributed by atoms with Crippen molar-refractivity contribution in [2.24, 2.45) is 5.73 Å². The molecule has 114 valence electrons. The summed E-state index contributed by atoms with van der Waals surface area (Å²) >= 11 is 0. The van der Waals surface area contributed by atoms with Crippen molar-refractivity contribution in [3.8, 4) is 0 Å². The summed E-state index contributed by atoms with van der Waals surface area (Å²) in [4.78, 5) is 0. The Kier molecular flexibility index (Phi) is 5.62. The van der Waals surface area contributed by atoms with Crippen LogP contribution in [0.15, 0.2) is 0 Å². The molecule has 1 saturated heterocycles. The zero-order chi connectivity index (χ0) is 13.4. The second-order valence-corrected chi connectivity index (χ2v) is 7.37. The van der Waals surface area contributed by atoms with Crippen LogP contribution in [0.3, 0.4) is 0 Å². The van der Waals surface area contributed by atoms with E-state index in [9.17, 15) is 8.42 Å². The summed E-state index contributed by atoms with van der Waals surface area (Å²) in [5.74, 6) is 0. The molecule has 2 rings (SSSR count). The molecule has 0 bridgehead atoms. The van der Waals surface area contributed by atoms with Crippen molar-refractivity contribution in [1.82, 2.24) is 9.03 Å². The molecule has 0 amide bonds. The molecule has 2 aliphatic rings. The molecule has 1 aliphatic heterocycles. The Labute approximate surface area is 121 Å². The standard InChI is InChI=1S/C11H23N3O3S.ClH/c1-9-6-14(7-10(2)17-9)18(15,16)13-8-11(12)4-3-5-11;/h9-10,13H,3-8,12H2,1-2H3;1H. The molecular formula is C11H24ClN3O3S. The third-order valence-corrected chi connectivity index (χ3v) is 5.17. The van der Waals surface area contributed by atoms with E-state index in [0.717, 1.165) is 19.3 Å². The van der Waals surface area contributed by atoms with Crippen LogP contribution >= 0.6 is 12.4 Å². The zero-order valence-corrected chi connectivity index (χ0v) is 13.1. The maximum atomic E-state index is 12.2. The highest BCUT2D eigenvalue weighted by Crippen LogP contribution is 2.28. The minimum Gasteiger partial charge on any atom is -0.373 e. The number of hydrogen-bond acceptors (Lipinski definition) is 4. The number of nitrogens with two attached hydrogens (primary N) is 1. The molecule has 0 aromatic rings. The van der Waals surface area contributed by atoms with Gasteiger partial charge in [-0.3, -0.25) is 0 Å². The quantitative estimate of drug-likeness (QED) is 0.778. The largest absolute Gasteiger partial charge is 0.373 e. The monoisotopic (exact) mass is 313 g/mol. The summed E-state index contributed by atoms with van der Waals surface area (Å²) in [7, 11) is -3.44. The number of ether oxygens (including phenoxy) is 1. The van der Waals surface area contributed by atoms with Crippen molar-refractivity contribution >= 4 is 22.6 Å². The zero-order valence-electron chi connectivity index (χ0n) is 11.5. The van der Waals surface area contributed by atoms with Crippen LogP contribution in [-0.4, -0.2) is 50.1 Å². The molecule has 0 aromatic heterocycles. The van der Waals surface area contributed by atoms with Crippen molar-refractivity contribution in [2.45, 2.75) is 50.9 Å². The van der Waals surface area contributed by atoms with Gasteiger partial charge in [0.05, 0.1) is 12.2 Å². The van der Waals surface area contributed by atoms with E-state index in [-0.39, 0.29) is 30.2 Å². The van der Waals surface area contributed by atoms with Gasteiger partial charge in [-0.2, -0.15) is 12.7 Å². The topological polar surface area (TPSA) is 84.7 Å². The first-order valence-corrected chi connectivity index (χ1v) is 7.94. The normalized spacial score (nSPS) is 31.3. The third-order valence-electron chi connectivity index (χ3n) is 3.68. The van der Waals surface area contributed by atoms with Gasteiger partial charge in [0, 0.05) is 25.2 Å². The Morgan fingerprint density at radius 1 is 1.32 bits per heavy atom. The minimum absolute atomic E-state index is 0. The van der Waals surface area contributed by atoms with Gasteiger partial charge in [0.25, 0.3) is 10.2 Å². The first-order valence-electron chi connectivity index (χ1n) is 6.50. The highest BCUT2D eigenvalue weighted by Gasteiger charge is 2.36. The lowest BCUT2D eigenvalue weighted by Gasteiger charge is -2.39. The van der Waals surface area contributed by atoms with Crippen LogP contribution in [0.5, 0.6) is 0 Å². The van der Waals surface area contributed by atoms with Crippen molar-refractivity contribution in [2.75, 3.05) is 19.6 Å². The molecule has 1 aliphatic carbocycles. The van der Waals surface area contributed by atoms with Gasteiger partial charge in [-0.1, -0.05) is 0 Å². The minimum atomic E-state index is -3.44. The fraction of sp³-hybridized carbons (Fsp3) is 1.00. The molecule has 0 aromatic carbocycles. The summed E-state index contributed by atoms with van der Waals surface area (Å²) in [5.41, 5.74) is 5.69. The van der Waals surface area contributed by atoms with E-state index in [2.05, 4.69) is 4.72 Å². The van der Waals surface area contributed by atoms with E-state index in [4.69, 9.17) is 10.5 Å². The fourth-order valence-corrected chi connectivity index (χ4v) is 3.93. The van der Waals surface area contributed by atoms with Crippen LogP contribution in [0.4, 0.5) is 0 Å². The van der Waals surface area contributed by atoms with Crippen LogP contribution in [-0.2, 0) is 14.9 Å². The Bertz CT molecular complexity index is 390. The van der Waals surface area contributed by atoms with E-state index in [1.54, 1.807) is 0 Å². The summed E-state index contributed by atoms with van der Waals surface area (Å²) in [6.45, 7) is 4.90. The van der Waals surface area contributed by atoms with Crippen LogP contribution in [0, 0.1) is 0 Å². The summed E-state index contributed by atoms with van der Waals surface area (Å²) < 4.78 is 33.9. The highest BCUT2D eigenvalue weighted by atomic mass is 35.5. The number of hydrogen-bond donors (Lipinski definition) is 2. The van der Waals surface area contributed by atoms with Crippen LogP contribution in [0.1, 0.15) is 33.1 Å².